The minimum absolute atomic E-state index is 0.0226. The van der Waals surface area contributed by atoms with E-state index in [0.717, 1.165) is 16.5 Å². The van der Waals surface area contributed by atoms with E-state index in [2.05, 4.69) is 15.8 Å². The molecule has 4 rings (SSSR count). The summed E-state index contributed by atoms with van der Waals surface area (Å²) in [4.78, 5) is 39.2. The van der Waals surface area contributed by atoms with Crippen molar-refractivity contribution in [3.8, 4) is 11.5 Å². The molecular formula is C32H31N3O5. The van der Waals surface area contributed by atoms with Crippen molar-refractivity contribution in [3.63, 3.8) is 0 Å². The summed E-state index contributed by atoms with van der Waals surface area (Å²) in [5.41, 5.74) is 5.83. The summed E-state index contributed by atoms with van der Waals surface area (Å²) in [6, 6.07) is 21.9. The Kier molecular flexibility index (Phi) is 8.59. The largest absolute Gasteiger partial charge is 0.508 e. The van der Waals surface area contributed by atoms with E-state index in [4.69, 9.17) is 0 Å². The van der Waals surface area contributed by atoms with Gasteiger partial charge in [-0.05, 0) is 85.5 Å². The number of aryl methyl sites for hydroxylation is 2. The molecule has 0 bridgehead atoms. The molecule has 0 fully saturated rings. The highest BCUT2D eigenvalue weighted by Gasteiger charge is 2.23. The molecule has 2 amide bonds. The normalized spacial score (nSPS) is 12.1. The molecule has 1 atom stereocenters. The summed E-state index contributed by atoms with van der Waals surface area (Å²) in [5, 5.41) is 28.5. The number of hydrogen-bond acceptors (Lipinski definition) is 6. The molecule has 8 heteroatoms. The fourth-order valence-electron chi connectivity index (χ4n) is 4.40. The number of anilines is 1. The van der Waals surface area contributed by atoms with Gasteiger partial charge in [0.1, 0.15) is 11.5 Å². The predicted molar refractivity (Wildman–Crippen MR) is 156 cm³/mol. The van der Waals surface area contributed by atoms with E-state index in [1.807, 2.05) is 44.2 Å². The van der Waals surface area contributed by atoms with E-state index >= 15 is 0 Å². The van der Waals surface area contributed by atoms with Crippen LogP contribution in [0.4, 0.5) is 5.69 Å². The highest BCUT2D eigenvalue weighted by atomic mass is 16.3. The van der Waals surface area contributed by atoms with Gasteiger partial charge in [-0.25, -0.2) is 5.43 Å². The first kappa shape index (κ1) is 28.0. The molecule has 0 heterocycles. The maximum absolute atomic E-state index is 13.2. The number of fused-ring (bicyclic) bond motifs is 1. The predicted octanol–water partition coefficient (Wildman–Crippen LogP) is 5.89. The highest BCUT2D eigenvalue weighted by Crippen LogP contribution is 2.27. The van der Waals surface area contributed by atoms with Gasteiger partial charge in [0.2, 0.25) is 5.91 Å². The molecule has 4 aromatic rings. The third-order valence-electron chi connectivity index (χ3n) is 6.76. The van der Waals surface area contributed by atoms with Gasteiger partial charge in [0, 0.05) is 23.4 Å². The smallest absolute Gasteiger partial charge is 0.275 e. The maximum Gasteiger partial charge on any atom is 0.275 e. The molecule has 0 saturated heterocycles. The Balaban J connectivity index is 1.58. The Labute approximate surface area is 232 Å². The third kappa shape index (κ3) is 6.53. The van der Waals surface area contributed by atoms with Gasteiger partial charge >= 0.3 is 0 Å². The van der Waals surface area contributed by atoms with Crippen LogP contribution in [0.3, 0.4) is 0 Å². The number of ketones is 1. The van der Waals surface area contributed by atoms with Crippen LogP contribution in [0.25, 0.3) is 10.8 Å². The van der Waals surface area contributed by atoms with E-state index in [-0.39, 0.29) is 41.6 Å². The van der Waals surface area contributed by atoms with Gasteiger partial charge in [0.05, 0.1) is 11.5 Å². The van der Waals surface area contributed by atoms with E-state index in [0.29, 0.717) is 22.3 Å². The van der Waals surface area contributed by atoms with Crippen LogP contribution in [0, 0.1) is 19.8 Å². The van der Waals surface area contributed by atoms with Gasteiger partial charge in [-0.1, -0.05) is 42.5 Å². The lowest BCUT2D eigenvalue weighted by Gasteiger charge is -2.16. The van der Waals surface area contributed by atoms with Gasteiger partial charge in [0.15, 0.2) is 5.78 Å². The quantitative estimate of drug-likeness (QED) is 0.120. The summed E-state index contributed by atoms with van der Waals surface area (Å²) >= 11 is 0. The number of hydrogen-bond donors (Lipinski definition) is 4. The zero-order valence-electron chi connectivity index (χ0n) is 22.6. The standard InChI is InChI=1S/C32H31N3O5/c1-19-8-9-20(2)27(18-19)33-29(38)17-15-26(21(3)31(39)23-10-13-24(36)14-11-23)34-35-32(40)30-25-7-5-4-6-22(25)12-16-28(30)37/h4-14,16,18,21,36-37H,15,17H2,1-3H3,(H,33,38)(H,35,40)/b34-26+. The molecule has 0 aliphatic heterocycles. The second kappa shape index (κ2) is 12.3. The highest BCUT2D eigenvalue weighted by molar-refractivity contribution is 6.14. The average Bonchev–Trinajstić information content (AvgIpc) is 2.94. The van der Waals surface area contributed by atoms with Gasteiger partial charge < -0.3 is 15.5 Å². The van der Waals surface area contributed by atoms with Crippen molar-refractivity contribution in [3.05, 3.63) is 101 Å². The zero-order valence-corrected chi connectivity index (χ0v) is 22.6. The summed E-state index contributed by atoms with van der Waals surface area (Å²) < 4.78 is 0. The second-order valence-corrected chi connectivity index (χ2v) is 9.72. The van der Waals surface area contributed by atoms with Crippen molar-refractivity contribution in [1.29, 1.82) is 0 Å². The number of hydrazone groups is 1. The lowest BCUT2D eigenvalue weighted by molar-refractivity contribution is -0.116. The average molecular weight is 538 g/mol. The van der Waals surface area contributed by atoms with Crippen LogP contribution in [0.15, 0.2) is 84.0 Å². The molecule has 40 heavy (non-hydrogen) atoms. The summed E-state index contributed by atoms with van der Waals surface area (Å²) in [5.74, 6) is -2.13. The first-order valence-electron chi connectivity index (χ1n) is 12.9. The number of nitrogens with zero attached hydrogens (tertiary/aromatic N) is 1. The summed E-state index contributed by atoms with van der Waals surface area (Å²) in [6.45, 7) is 5.49. The molecule has 204 valence electrons. The van der Waals surface area contributed by atoms with Crippen molar-refractivity contribution < 1.29 is 24.6 Å². The number of phenols is 2. The minimum atomic E-state index is -0.778. The Morgan fingerprint density at radius 2 is 1.60 bits per heavy atom. The number of phenolic OH excluding ortho intramolecular Hbond substituents is 2. The molecule has 0 aliphatic rings. The van der Waals surface area contributed by atoms with E-state index < -0.39 is 11.8 Å². The number of amides is 2. The first-order chi connectivity index (χ1) is 19.1. The lowest BCUT2D eigenvalue weighted by atomic mass is 9.92. The molecule has 0 aliphatic carbocycles. The van der Waals surface area contributed by atoms with Crippen LogP contribution in [0.1, 0.15) is 51.6 Å². The first-order valence-corrected chi connectivity index (χ1v) is 12.9. The van der Waals surface area contributed by atoms with Gasteiger partial charge in [-0.15, -0.1) is 0 Å². The van der Waals surface area contributed by atoms with E-state index in [1.54, 1.807) is 25.1 Å². The molecular weight excluding hydrogens is 506 g/mol. The number of Topliss-reactive ketones (excluding diaryl/α,β-unsaturated/α-hetero) is 1. The Bertz CT molecular complexity index is 1610. The second-order valence-electron chi connectivity index (χ2n) is 9.72. The van der Waals surface area contributed by atoms with Gasteiger partial charge in [-0.2, -0.15) is 5.10 Å². The molecule has 0 radical (unpaired) electrons. The van der Waals surface area contributed by atoms with E-state index in [9.17, 15) is 24.6 Å². The fourth-order valence-corrected chi connectivity index (χ4v) is 4.40. The number of aromatic hydroxyl groups is 2. The maximum atomic E-state index is 13.2. The van der Waals surface area contributed by atoms with Crippen LogP contribution < -0.4 is 10.7 Å². The molecule has 4 aromatic carbocycles. The van der Waals surface area contributed by atoms with Crippen LogP contribution in [-0.2, 0) is 4.79 Å². The molecule has 4 N–H and O–H groups in total. The summed E-state index contributed by atoms with van der Waals surface area (Å²) in [7, 11) is 0. The Hall–Kier alpha value is -4.98. The Morgan fingerprint density at radius 1 is 0.875 bits per heavy atom. The zero-order chi connectivity index (χ0) is 28.8. The SMILES string of the molecule is Cc1ccc(C)c(NC(=O)CC/C(=N\NC(=O)c2c(O)ccc3ccccc23)C(C)C(=O)c2ccc(O)cc2)c1. The number of nitrogens with one attached hydrogen (secondary N) is 2. The lowest BCUT2D eigenvalue weighted by Crippen LogP contribution is -2.28. The van der Waals surface area contributed by atoms with Crippen LogP contribution in [-0.4, -0.2) is 33.5 Å². The number of carbonyl (C=O) groups excluding carboxylic acids is 3. The number of rotatable bonds is 9. The minimum Gasteiger partial charge on any atom is -0.508 e. The number of carbonyl (C=O) groups is 3. The fraction of sp³-hybridized carbons (Fsp3) is 0.188. The van der Waals surface area contributed by atoms with Crippen molar-refractivity contribution in [2.75, 3.05) is 5.32 Å². The van der Waals surface area contributed by atoms with Crippen molar-refractivity contribution in [2.45, 2.75) is 33.6 Å². The molecule has 0 saturated carbocycles. The van der Waals surface area contributed by atoms with Crippen LogP contribution >= 0.6 is 0 Å². The topological polar surface area (TPSA) is 128 Å². The van der Waals surface area contributed by atoms with Gasteiger partial charge in [-0.3, -0.25) is 14.4 Å². The monoisotopic (exact) mass is 537 g/mol. The van der Waals surface area contributed by atoms with Gasteiger partial charge in [0.25, 0.3) is 5.91 Å². The third-order valence-corrected chi connectivity index (χ3v) is 6.76. The molecule has 0 aromatic heterocycles. The van der Waals surface area contributed by atoms with Crippen molar-refractivity contribution >= 4 is 39.8 Å². The Morgan fingerprint density at radius 3 is 2.35 bits per heavy atom. The molecule has 1 unspecified atom stereocenters. The van der Waals surface area contributed by atoms with Crippen molar-refractivity contribution in [1.82, 2.24) is 5.43 Å². The summed E-state index contributed by atoms with van der Waals surface area (Å²) in [6.07, 6.45) is 0.123. The molecule has 0 spiro atoms. The van der Waals surface area contributed by atoms with Crippen molar-refractivity contribution in [2.24, 2.45) is 11.0 Å². The number of benzene rings is 4. The molecule has 8 nitrogen and oxygen atoms in total. The van der Waals surface area contributed by atoms with Crippen LogP contribution in [0.2, 0.25) is 0 Å². The van der Waals surface area contributed by atoms with E-state index in [1.165, 1.54) is 30.3 Å². The van der Waals surface area contributed by atoms with Crippen LogP contribution in [0.5, 0.6) is 11.5 Å².